The maximum atomic E-state index is 11.1. The molecule has 0 amide bonds. The molecule has 0 rings (SSSR count). The largest absolute Gasteiger partial charge is 0.479 e. The third-order valence-electron chi connectivity index (χ3n) is 1.63. The Kier molecular flexibility index (Phi) is 5.03. The molecule has 6 nitrogen and oxygen atoms in total. The smallest absolute Gasteiger partial charge is 0.332 e. The Labute approximate surface area is 83.0 Å². The van der Waals surface area contributed by atoms with Crippen LogP contribution in [0.2, 0.25) is 0 Å². The average molecular weight is 225 g/mol. The van der Waals surface area contributed by atoms with E-state index in [0.29, 0.717) is 0 Å². The normalized spacial score (nSPS) is 14.3. The number of sulfonamides is 1. The SMILES string of the molecule is CC(C)S(=O)(=O)NCC[C@H](O)C(=O)O. The van der Waals surface area contributed by atoms with Gasteiger partial charge in [-0.15, -0.1) is 0 Å². The minimum atomic E-state index is -3.37. The molecule has 0 saturated carbocycles. The minimum absolute atomic E-state index is 0.0754. The molecular formula is C7H15NO5S. The van der Waals surface area contributed by atoms with Gasteiger partial charge in [0.2, 0.25) is 10.0 Å². The number of rotatable bonds is 6. The molecule has 0 aromatic heterocycles. The summed E-state index contributed by atoms with van der Waals surface area (Å²) in [6, 6.07) is 0. The maximum absolute atomic E-state index is 11.1. The second kappa shape index (κ2) is 5.28. The van der Waals surface area contributed by atoms with Crippen molar-refractivity contribution in [1.82, 2.24) is 4.72 Å². The van der Waals surface area contributed by atoms with Gasteiger partial charge in [0, 0.05) is 6.54 Å². The van der Waals surface area contributed by atoms with Gasteiger partial charge in [0.25, 0.3) is 0 Å². The Hall–Kier alpha value is -0.660. The fourth-order valence-corrected chi connectivity index (χ4v) is 1.36. The first-order chi connectivity index (χ1) is 6.27. The zero-order chi connectivity index (χ0) is 11.4. The standard InChI is InChI=1S/C7H15NO5S/c1-5(2)14(12,13)8-4-3-6(9)7(10)11/h5-6,8-9H,3-4H2,1-2H3,(H,10,11)/t6-/m0/s1. The van der Waals surface area contributed by atoms with Crippen molar-refractivity contribution in [1.29, 1.82) is 0 Å². The lowest BCUT2D eigenvalue weighted by molar-refractivity contribution is -0.146. The fourth-order valence-electron chi connectivity index (χ4n) is 0.628. The highest BCUT2D eigenvalue weighted by Gasteiger charge is 2.17. The third-order valence-corrected chi connectivity index (χ3v) is 3.47. The highest BCUT2D eigenvalue weighted by Crippen LogP contribution is 1.97. The Morgan fingerprint density at radius 3 is 2.29 bits per heavy atom. The minimum Gasteiger partial charge on any atom is -0.479 e. The molecule has 0 heterocycles. The van der Waals surface area contributed by atoms with Crippen LogP contribution in [0.15, 0.2) is 0 Å². The molecule has 0 aliphatic carbocycles. The molecule has 14 heavy (non-hydrogen) atoms. The molecule has 0 radical (unpaired) electrons. The van der Waals surface area contributed by atoms with Crippen molar-refractivity contribution in [2.75, 3.05) is 6.54 Å². The summed E-state index contributed by atoms with van der Waals surface area (Å²) in [5.74, 6) is -1.35. The zero-order valence-corrected chi connectivity index (χ0v) is 8.91. The first kappa shape index (κ1) is 13.3. The summed E-state index contributed by atoms with van der Waals surface area (Å²) in [6.45, 7) is 2.94. The molecule has 0 bridgehead atoms. The summed E-state index contributed by atoms with van der Waals surface area (Å²) in [5, 5.41) is 16.6. The topological polar surface area (TPSA) is 104 Å². The molecule has 0 fully saturated rings. The van der Waals surface area contributed by atoms with Gasteiger partial charge >= 0.3 is 5.97 Å². The quantitative estimate of drug-likeness (QED) is 0.546. The van der Waals surface area contributed by atoms with E-state index < -0.39 is 27.3 Å². The summed E-state index contributed by atoms with van der Waals surface area (Å²) >= 11 is 0. The molecule has 84 valence electrons. The molecule has 0 aromatic rings. The number of aliphatic hydroxyl groups is 1. The van der Waals surface area contributed by atoms with Crippen molar-refractivity contribution in [3.05, 3.63) is 0 Å². The molecule has 3 N–H and O–H groups in total. The molecule has 0 aliphatic rings. The Morgan fingerprint density at radius 1 is 1.43 bits per heavy atom. The van der Waals surface area contributed by atoms with Crippen molar-refractivity contribution in [3.8, 4) is 0 Å². The van der Waals surface area contributed by atoms with Crippen LogP contribution in [0.1, 0.15) is 20.3 Å². The van der Waals surface area contributed by atoms with Crippen molar-refractivity contribution < 1.29 is 23.4 Å². The number of nitrogens with one attached hydrogen (secondary N) is 1. The van der Waals surface area contributed by atoms with Gasteiger partial charge < -0.3 is 10.2 Å². The second-order valence-corrected chi connectivity index (χ2v) is 5.45. The van der Waals surface area contributed by atoms with Crippen molar-refractivity contribution in [3.63, 3.8) is 0 Å². The molecule has 0 aromatic carbocycles. The van der Waals surface area contributed by atoms with Crippen molar-refractivity contribution in [2.24, 2.45) is 0 Å². The summed E-state index contributed by atoms with van der Waals surface area (Å²) in [5.41, 5.74) is 0. The van der Waals surface area contributed by atoms with Gasteiger partial charge in [0.15, 0.2) is 6.10 Å². The Balaban J connectivity index is 3.92. The van der Waals surface area contributed by atoms with E-state index >= 15 is 0 Å². The van der Waals surface area contributed by atoms with Crippen molar-refractivity contribution in [2.45, 2.75) is 31.6 Å². The number of aliphatic hydroxyl groups excluding tert-OH is 1. The van der Waals surface area contributed by atoms with Crippen LogP contribution in [0.4, 0.5) is 0 Å². The molecule has 0 spiro atoms. The first-order valence-corrected chi connectivity index (χ1v) is 5.71. The van der Waals surface area contributed by atoms with Crippen LogP contribution in [0.25, 0.3) is 0 Å². The van der Waals surface area contributed by atoms with Crippen LogP contribution >= 0.6 is 0 Å². The molecule has 7 heteroatoms. The number of carboxylic acids is 1. The zero-order valence-electron chi connectivity index (χ0n) is 8.10. The van der Waals surface area contributed by atoms with E-state index in [9.17, 15) is 13.2 Å². The molecule has 1 atom stereocenters. The Bertz CT molecular complexity index is 284. The number of aliphatic carboxylic acids is 1. The Morgan fingerprint density at radius 2 is 1.93 bits per heavy atom. The van der Waals surface area contributed by atoms with Gasteiger partial charge in [-0.1, -0.05) is 0 Å². The van der Waals surface area contributed by atoms with Crippen molar-refractivity contribution >= 4 is 16.0 Å². The van der Waals surface area contributed by atoms with Gasteiger partial charge in [-0.25, -0.2) is 17.9 Å². The third kappa shape index (κ3) is 4.54. The fraction of sp³-hybridized carbons (Fsp3) is 0.857. The van der Waals surface area contributed by atoms with Crippen LogP contribution in [0, 0.1) is 0 Å². The lowest BCUT2D eigenvalue weighted by Gasteiger charge is -2.10. The number of hydrogen-bond donors (Lipinski definition) is 3. The predicted octanol–water partition coefficient (Wildman–Crippen LogP) is -0.850. The number of hydrogen-bond acceptors (Lipinski definition) is 4. The molecule has 0 saturated heterocycles. The van der Waals surface area contributed by atoms with E-state index in [1.54, 1.807) is 0 Å². The number of carbonyl (C=O) groups is 1. The molecular weight excluding hydrogens is 210 g/mol. The van der Waals surface area contributed by atoms with E-state index in [1.807, 2.05) is 0 Å². The first-order valence-electron chi connectivity index (χ1n) is 4.16. The van der Waals surface area contributed by atoms with E-state index in [4.69, 9.17) is 10.2 Å². The van der Waals surface area contributed by atoms with Crippen LogP contribution in [-0.4, -0.2) is 42.5 Å². The lowest BCUT2D eigenvalue weighted by atomic mass is 10.3. The maximum Gasteiger partial charge on any atom is 0.332 e. The van der Waals surface area contributed by atoms with Gasteiger partial charge in [0.05, 0.1) is 5.25 Å². The van der Waals surface area contributed by atoms with Crippen LogP contribution in [0.5, 0.6) is 0 Å². The summed E-state index contributed by atoms with van der Waals surface area (Å²) in [4.78, 5) is 10.2. The predicted molar refractivity (Wildman–Crippen MR) is 50.3 cm³/mol. The van der Waals surface area contributed by atoms with E-state index in [0.717, 1.165) is 0 Å². The van der Waals surface area contributed by atoms with Gasteiger partial charge in [0.1, 0.15) is 0 Å². The summed E-state index contributed by atoms with van der Waals surface area (Å²) in [6.07, 6.45) is -1.66. The monoisotopic (exact) mass is 225 g/mol. The molecule has 0 unspecified atom stereocenters. The van der Waals surface area contributed by atoms with Crippen LogP contribution in [0.3, 0.4) is 0 Å². The molecule has 0 aliphatic heterocycles. The van der Waals surface area contributed by atoms with Crippen LogP contribution < -0.4 is 4.72 Å². The van der Waals surface area contributed by atoms with Gasteiger partial charge in [-0.2, -0.15) is 0 Å². The summed E-state index contributed by atoms with van der Waals surface area (Å²) < 4.78 is 24.5. The highest BCUT2D eigenvalue weighted by atomic mass is 32.2. The summed E-state index contributed by atoms with van der Waals surface area (Å²) in [7, 11) is -3.37. The van der Waals surface area contributed by atoms with E-state index in [1.165, 1.54) is 13.8 Å². The second-order valence-electron chi connectivity index (χ2n) is 3.13. The lowest BCUT2D eigenvalue weighted by Crippen LogP contribution is -2.34. The van der Waals surface area contributed by atoms with Crippen LogP contribution in [-0.2, 0) is 14.8 Å². The van der Waals surface area contributed by atoms with E-state index in [-0.39, 0.29) is 13.0 Å². The highest BCUT2D eigenvalue weighted by molar-refractivity contribution is 7.90. The van der Waals surface area contributed by atoms with Gasteiger partial charge in [-0.3, -0.25) is 0 Å². The van der Waals surface area contributed by atoms with Gasteiger partial charge in [-0.05, 0) is 20.3 Å². The number of carboxylic acid groups (broad SMARTS) is 1. The van der Waals surface area contributed by atoms with E-state index in [2.05, 4.69) is 4.72 Å². The average Bonchev–Trinajstić information content (AvgIpc) is 2.03.